The molecule has 2 unspecified atom stereocenters. The van der Waals surface area contributed by atoms with Crippen molar-refractivity contribution in [3.8, 4) is 0 Å². The van der Waals surface area contributed by atoms with Crippen molar-refractivity contribution in [3.63, 3.8) is 0 Å². The molecule has 0 aliphatic heterocycles. The summed E-state index contributed by atoms with van der Waals surface area (Å²) < 4.78 is 68.0. The maximum absolute atomic E-state index is 13.0. The number of carbonyl (C=O) groups excluding carboxylic acids is 4. The zero-order chi connectivity index (χ0) is 62.4. The van der Waals surface area contributed by atoms with Gasteiger partial charge in [0.2, 0.25) is 0 Å². The van der Waals surface area contributed by atoms with Crippen LogP contribution in [0.1, 0.15) is 318 Å². The second-order valence-electron chi connectivity index (χ2n) is 24.9. The molecular formula is C65H126O17P2. The molecule has 19 heteroatoms. The zero-order valence-corrected chi connectivity index (χ0v) is 56.1. The van der Waals surface area contributed by atoms with Gasteiger partial charge in [0, 0.05) is 25.7 Å². The summed E-state index contributed by atoms with van der Waals surface area (Å²) in [7, 11) is -9.89. The number of carbonyl (C=O) groups is 4. The lowest BCUT2D eigenvalue weighted by Crippen LogP contribution is -2.30. The molecule has 0 spiro atoms. The van der Waals surface area contributed by atoms with Gasteiger partial charge in [0.1, 0.15) is 19.3 Å². The maximum atomic E-state index is 13.0. The summed E-state index contributed by atoms with van der Waals surface area (Å²) in [5.74, 6) is 0.0671. The number of hydrogen-bond donors (Lipinski definition) is 3. The molecule has 0 aromatic heterocycles. The highest BCUT2D eigenvalue weighted by Gasteiger charge is 2.30. The van der Waals surface area contributed by atoms with Crippen molar-refractivity contribution in [2.75, 3.05) is 39.6 Å². The Bertz CT molecular complexity index is 1660. The Morgan fingerprint density at radius 3 is 0.810 bits per heavy atom. The highest BCUT2D eigenvalue weighted by molar-refractivity contribution is 7.47. The Kier molecular flexibility index (Phi) is 55.0. The SMILES string of the molecule is CCCCCCCCCCC(=O)OC[C@H](COP(=O)(O)OC[C@H](O)COP(=O)(O)OC[C@@H](COC(=O)CCCCCCCCCCCC(C)C)OC(=O)CCCCCCCCCCCCCC(C)C)OC(=O)CCCCCCCCCC(C)C. The fraction of sp³-hybridized carbons (Fsp3) is 0.938. The third-order valence-electron chi connectivity index (χ3n) is 14.9. The molecule has 3 N–H and O–H groups in total. The molecule has 0 rings (SSSR count). The van der Waals surface area contributed by atoms with Crippen molar-refractivity contribution in [3.05, 3.63) is 0 Å². The number of esters is 4. The molecule has 0 heterocycles. The van der Waals surface area contributed by atoms with E-state index in [9.17, 15) is 43.2 Å². The molecule has 0 aromatic rings. The first-order valence-corrected chi connectivity index (χ1v) is 36.8. The van der Waals surface area contributed by atoms with Crippen LogP contribution in [0.2, 0.25) is 0 Å². The first-order chi connectivity index (χ1) is 40.2. The summed E-state index contributed by atoms with van der Waals surface area (Å²) in [5, 5.41) is 10.5. The van der Waals surface area contributed by atoms with E-state index in [0.717, 1.165) is 108 Å². The standard InChI is InChI=1S/C65H126O17P2/c1-8-9-10-11-12-25-32-39-46-62(67)75-52-61(82-65(70)49-42-35-28-21-24-31-38-45-58(6)7)55-80-84(73,74)78-51-59(66)50-77-83(71,72)79-54-60(53-76-63(68)47-40-33-26-20-16-18-23-30-37-44-57(4)5)81-64(69)48-41-34-27-19-15-13-14-17-22-29-36-43-56(2)3/h56-61,66H,8-55H2,1-7H3,(H,71,72)(H,73,74)/t59-,60-,61-/m1/s1. The van der Waals surface area contributed by atoms with E-state index in [1.54, 1.807) is 0 Å². The Morgan fingerprint density at radius 2 is 0.548 bits per heavy atom. The summed E-state index contributed by atoms with van der Waals surface area (Å²) in [6.07, 6.45) is 37.7. The molecule has 5 atom stereocenters. The van der Waals surface area contributed by atoms with Crippen LogP contribution >= 0.6 is 15.6 Å². The highest BCUT2D eigenvalue weighted by Crippen LogP contribution is 2.45. The fourth-order valence-corrected chi connectivity index (χ4v) is 11.2. The predicted molar refractivity (Wildman–Crippen MR) is 335 cm³/mol. The first kappa shape index (κ1) is 82.1. The summed E-state index contributed by atoms with van der Waals surface area (Å²) in [4.78, 5) is 72.2. The highest BCUT2D eigenvalue weighted by atomic mass is 31.2. The Labute approximate surface area is 511 Å². The smallest absolute Gasteiger partial charge is 0.462 e. The van der Waals surface area contributed by atoms with Crippen LogP contribution in [0.25, 0.3) is 0 Å². The normalized spacial score (nSPS) is 14.3. The molecule has 0 amide bonds. The summed E-state index contributed by atoms with van der Waals surface area (Å²) >= 11 is 0. The molecule has 0 aliphatic carbocycles. The van der Waals surface area contributed by atoms with Crippen LogP contribution in [-0.2, 0) is 65.4 Å². The van der Waals surface area contributed by atoms with Gasteiger partial charge in [0.25, 0.3) is 0 Å². The van der Waals surface area contributed by atoms with Gasteiger partial charge in [0.05, 0.1) is 26.4 Å². The van der Waals surface area contributed by atoms with Gasteiger partial charge in [-0.15, -0.1) is 0 Å². The van der Waals surface area contributed by atoms with Crippen LogP contribution in [-0.4, -0.2) is 96.7 Å². The van der Waals surface area contributed by atoms with Crippen LogP contribution in [0.4, 0.5) is 0 Å². The lowest BCUT2D eigenvalue weighted by molar-refractivity contribution is -0.161. The van der Waals surface area contributed by atoms with Gasteiger partial charge >= 0.3 is 39.5 Å². The lowest BCUT2D eigenvalue weighted by Gasteiger charge is -2.21. The number of aliphatic hydroxyl groups excluding tert-OH is 1. The van der Waals surface area contributed by atoms with Crippen molar-refractivity contribution in [2.24, 2.45) is 17.8 Å². The van der Waals surface area contributed by atoms with Crippen molar-refractivity contribution >= 4 is 39.5 Å². The van der Waals surface area contributed by atoms with Gasteiger partial charge in [-0.1, -0.05) is 267 Å². The van der Waals surface area contributed by atoms with Gasteiger partial charge in [-0.2, -0.15) is 0 Å². The molecular weight excluding hydrogens is 1110 g/mol. The van der Waals surface area contributed by atoms with Gasteiger partial charge in [-0.25, -0.2) is 9.13 Å². The summed E-state index contributed by atoms with van der Waals surface area (Å²) in [6.45, 7) is 11.7. The van der Waals surface area contributed by atoms with Gasteiger partial charge in [0.15, 0.2) is 12.2 Å². The number of ether oxygens (including phenoxy) is 4. The third-order valence-corrected chi connectivity index (χ3v) is 16.8. The molecule has 0 bridgehead atoms. The van der Waals surface area contributed by atoms with Crippen molar-refractivity contribution in [1.29, 1.82) is 0 Å². The molecule has 0 fully saturated rings. The second-order valence-corrected chi connectivity index (χ2v) is 27.8. The molecule has 0 aromatic carbocycles. The van der Waals surface area contributed by atoms with E-state index < -0.39 is 97.5 Å². The van der Waals surface area contributed by atoms with Crippen LogP contribution < -0.4 is 0 Å². The van der Waals surface area contributed by atoms with Gasteiger partial charge in [-0.3, -0.25) is 37.3 Å². The molecule has 0 saturated carbocycles. The number of hydrogen-bond acceptors (Lipinski definition) is 15. The molecule has 0 radical (unpaired) electrons. The molecule has 0 aliphatic rings. The minimum absolute atomic E-state index is 0.103. The third kappa shape index (κ3) is 59.0. The number of phosphoric acid groups is 2. The second kappa shape index (κ2) is 56.3. The van der Waals surface area contributed by atoms with E-state index in [4.69, 9.17) is 37.0 Å². The van der Waals surface area contributed by atoms with Crippen LogP contribution in [0.5, 0.6) is 0 Å². The fourth-order valence-electron chi connectivity index (χ4n) is 9.66. The molecule has 17 nitrogen and oxygen atoms in total. The van der Waals surface area contributed by atoms with Crippen molar-refractivity contribution in [2.45, 2.75) is 336 Å². The van der Waals surface area contributed by atoms with E-state index in [0.29, 0.717) is 31.6 Å². The minimum atomic E-state index is -4.95. The zero-order valence-electron chi connectivity index (χ0n) is 54.4. The van der Waals surface area contributed by atoms with Crippen LogP contribution in [0.15, 0.2) is 0 Å². The molecule has 0 saturated heterocycles. The number of unbranched alkanes of at least 4 members (excludes halogenated alkanes) is 31. The van der Waals surface area contributed by atoms with Gasteiger partial charge < -0.3 is 33.8 Å². The largest absolute Gasteiger partial charge is 0.472 e. The number of aliphatic hydroxyl groups is 1. The van der Waals surface area contributed by atoms with E-state index in [1.807, 2.05) is 0 Å². The van der Waals surface area contributed by atoms with Crippen molar-refractivity contribution < 1.29 is 80.2 Å². The lowest BCUT2D eigenvalue weighted by atomic mass is 10.0. The first-order valence-electron chi connectivity index (χ1n) is 33.8. The van der Waals surface area contributed by atoms with Crippen LogP contribution in [0, 0.1) is 17.8 Å². The topological polar surface area (TPSA) is 237 Å². The van der Waals surface area contributed by atoms with E-state index in [2.05, 4.69) is 48.5 Å². The van der Waals surface area contributed by atoms with E-state index in [1.165, 1.54) is 122 Å². The number of rotatable bonds is 63. The van der Waals surface area contributed by atoms with Crippen LogP contribution in [0.3, 0.4) is 0 Å². The van der Waals surface area contributed by atoms with Crippen molar-refractivity contribution in [1.82, 2.24) is 0 Å². The molecule has 498 valence electrons. The van der Waals surface area contributed by atoms with E-state index in [-0.39, 0.29) is 25.7 Å². The van der Waals surface area contributed by atoms with E-state index >= 15 is 0 Å². The molecule has 84 heavy (non-hydrogen) atoms. The summed E-state index contributed by atoms with van der Waals surface area (Å²) in [6, 6.07) is 0. The summed E-state index contributed by atoms with van der Waals surface area (Å²) in [5.41, 5.74) is 0. The Balaban J connectivity index is 5.23. The average Bonchev–Trinajstić information content (AvgIpc) is 3.51. The minimum Gasteiger partial charge on any atom is -0.462 e. The number of phosphoric ester groups is 2. The predicted octanol–water partition coefficient (Wildman–Crippen LogP) is 17.9. The Hall–Kier alpha value is -1.94. The monoisotopic (exact) mass is 1240 g/mol. The Morgan fingerprint density at radius 1 is 0.321 bits per heavy atom. The van der Waals surface area contributed by atoms with Gasteiger partial charge in [-0.05, 0) is 43.4 Å². The maximum Gasteiger partial charge on any atom is 0.472 e. The average molecular weight is 1240 g/mol. The quantitative estimate of drug-likeness (QED) is 0.0222.